The van der Waals surface area contributed by atoms with E-state index in [1.807, 2.05) is 0 Å². The summed E-state index contributed by atoms with van der Waals surface area (Å²) in [6, 6.07) is 1.40. The Labute approximate surface area is 124 Å². The first-order valence-electron chi connectivity index (χ1n) is 6.14. The summed E-state index contributed by atoms with van der Waals surface area (Å²) in [5.41, 5.74) is 0.625. The van der Waals surface area contributed by atoms with E-state index in [1.54, 1.807) is 12.3 Å². The Balaban J connectivity index is 2.01. The first-order valence-corrected chi connectivity index (χ1v) is 7.02. The molecule has 0 aliphatic rings. The van der Waals surface area contributed by atoms with Crippen LogP contribution < -0.4 is 5.32 Å². The molecule has 0 bridgehead atoms. The molecule has 0 fully saturated rings. The zero-order valence-electron chi connectivity index (χ0n) is 11.2. The summed E-state index contributed by atoms with van der Waals surface area (Å²) in [5, 5.41) is 14.1. The van der Waals surface area contributed by atoms with Gasteiger partial charge in [0, 0.05) is 11.6 Å². The van der Waals surface area contributed by atoms with Gasteiger partial charge in [-0.2, -0.15) is 0 Å². The van der Waals surface area contributed by atoms with Crippen molar-refractivity contribution in [3.63, 3.8) is 0 Å². The van der Waals surface area contributed by atoms with Crippen molar-refractivity contribution in [2.24, 2.45) is 0 Å². The summed E-state index contributed by atoms with van der Waals surface area (Å²) in [6.45, 7) is 2.04. The minimum atomic E-state index is -0.494. The lowest BCUT2D eigenvalue weighted by molar-refractivity contribution is -0.142. The number of thiazole rings is 1. The smallest absolute Gasteiger partial charge is 0.311 e. The van der Waals surface area contributed by atoms with Crippen LogP contribution in [0.3, 0.4) is 0 Å². The summed E-state index contributed by atoms with van der Waals surface area (Å²) in [7, 11) is 0. The number of ether oxygens (including phenoxy) is 1. The first kappa shape index (κ1) is 14.9. The maximum Gasteiger partial charge on any atom is 0.311 e. The lowest BCUT2D eigenvalue weighted by atomic mass is 10.2. The van der Waals surface area contributed by atoms with Crippen LogP contribution in [0.5, 0.6) is 5.75 Å². The number of nitrogens with one attached hydrogen (secondary N) is 1. The van der Waals surface area contributed by atoms with Crippen molar-refractivity contribution in [1.29, 1.82) is 0 Å². The van der Waals surface area contributed by atoms with Crippen LogP contribution in [0.4, 0.5) is 5.13 Å². The van der Waals surface area contributed by atoms with Crippen LogP contribution in [0.2, 0.25) is 0 Å². The molecule has 0 spiro atoms. The lowest BCUT2D eigenvalue weighted by Gasteiger charge is -2.03. The minimum Gasteiger partial charge on any atom is -0.505 e. The highest BCUT2D eigenvalue weighted by atomic mass is 32.1. The third-order valence-electron chi connectivity index (χ3n) is 2.45. The Hall–Kier alpha value is -2.48. The van der Waals surface area contributed by atoms with Gasteiger partial charge in [-0.05, 0) is 13.0 Å². The molecule has 0 unspecified atom stereocenters. The minimum absolute atomic E-state index is 0.0563. The number of amides is 1. The van der Waals surface area contributed by atoms with Gasteiger partial charge in [-0.3, -0.25) is 19.9 Å². The van der Waals surface area contributed by atoms with Gasteiger partial charge >= 0.3 is 5.97 Å². The van der Waals surface area contributed by atoms with Crippen LogP contribution in [0.1, 0.15) is 23.0 Å². The van der Waals surface area contributed by atoms with E-state index in [-0.39, 0.29) is 23.7 Å². The van der Waals surface area contributed by atoms with Crippen LogP contribution in [0, 0.1) is 0 Å². The monoisotopic (exact) mass is 307 g/mol. The molecular weight excluding hydrogens is 294 g/mol. The number of esters is 1. The molecule has 1 amide bonds. The normalized spacial score (nSPS) is 10.1. The number of hydrogen-bond acceptors (Lipinski definition) is 7. The molecule has 0 radical (unpaired) electrons. The predicted octanol–water partition coefficient (Wildman–Crippen LogP) is 1.60. The second-order valence-corrected chi connectivity index (χ2v) is 4.83. The fourth-order valence-electron chi connectivity index (χ4n) is 1.55. The molecule has 8 heteroatoms. The summed E-state index contributed by atoms with van der Waals surface area (Å²) >= 11 is 1.19. The van der Waals surface area contributed by atoms with E-state index in [0.717, 1.165) is 0 Å². The van der Waals surface area contributed by atoms with E-state index in [4.69, 9.17) is 4.74 Å². The number of aromatic hydroxyl groups is 1. The molecule has 110 valence electrons. The van der Waals surface area contributed by atoms with Gasteiger partial charge in [-0.25, -0.2) is 4.98 Å². The number of pyridine rings is 1. The quantitative estimate of drug-likeness (QED) is 0.814. The second kappa shape index (κ2) is 6.80. The Morgan fingerprint density at radius 3 is 3.00 bits per heavy atom. The van der Waals surface area contributed by atoms with Gasteiger partial charge in [-0.15, -0.1) is 11.3 Å². The van der Waals surface area contributed by atoms with E-state index >= 15 is 0 Å². The zero-order valence-corrected chi connectivity index (χ0v) is 12.0. The second-order valence-electron chi connectivity index (χ2n) is 3.97. The van der Waals surface area contributed by atoms with E-state index in [9.17, 15) is 14.7 Å². The third kappa shape index (κ3) is 3.99. The zero-order chi connectivity index (χ0) is 15.2. The average Bonchev–Trinajstić information content (AvgIpc) is 2.86. The largest absolute Gasteiger partial charge is 0.505 e. The van der Waals surface area contributed by atoms with Gasteiger partial charge in [0.05, 0.1) is 30.5 Å². The number of hydrogen-bond donors (Lipinski definition) is 2. The van der Waals surface area contributed by atoms with Crippen LogP contribution in [0.25, 0.3) is 0 Å². The topological polar surface area (TPSA) is 101 Å². The van der Waals surface area contributed by atoms with Crippen molar-refractivity contribution in [1.82, 2.24) is 9.97 Å². The Morgan fingerprint density at radius 2 is 2.29 bits per heavy atom. The Kier molecular flexibility index (Phi) is 4.83. The molecule has 2 N–H and O–H groups in total. The van der Waals surface area contributed by atoms with Crippen molar-refractivity contribution in [3.8, 4) is 5.75 Å². The van der Waals surface area contributed by atoms with Crippen LogP contribution >= 0.6 is 11.3 Å². The molecule has 0 saturated heterocycles. The maximum atomic E-state index is 11.9. The molecule has 0 atom stereocenters. The molecule has 21 heavy (non-hydrogen) atoms. The predicted molar refractivity (Wildman–Crippen MR) is 76.3 cm³/mol. The third-order valence-corrected chi connectivity index (χ3v) is 3.25. The molecule has 0 aromatic carbocycles. The highest BCUT2D eigenvalue weighted by Crippen LogP contribution is 2.20. The van der Waals surface area contributed by atoms with E-state index in [0.29, 0.717) is 17.4 Å². The van der Waals surface area contributed by atoms with E-state index < -0.39 is 5.91 Å². The molecule has 2 heterocycles. The standard InChI is InChI=1S/C13H13N3O4S/c1-2-20-11(18)5-8-7-21-13(15-8)16-12(19)9-3-4-14-6-10(9)17/h3-4,6-7,17H,2,5H2,1H3,(H,15,16,19). The number of nitrogens with zero attached hydrogens (tertiary/aromatic N) is 2. The highest BCUT2D eigenvalue weighted by Gasteiger charge is 2.14. The van der Waals surface area contributed by atoms with Gasteiger partial charge < -0.3 is 9.84 Å². The molecule has 7 nitrogen and oxygen atoms in total. The summed E-state index contributed by atoms with van der Waals surface area (Å²) < 4.78 is 4.82. The summed E-state index contributed by atoms with van der Waals surface area (Å²) in [5.74, 6) is -1.07. The molecule has 2 rings (SSSR count). The molecule has 2 aromatic rings. The van der Waals surface area contributed by atoms with Crippen molar-refractivity contribution < 1.29 is 19.4 Å². The van der Waals surface area contributed by atoms with Gasteiger partial charge in [0.15, 0.2) is 5.13 Å². The first-order chi connectivity index (χ1) is 10.1. The summed E-state index contributed by atoms with van der Waals surface area (Å²) in [6.07, 6.45) is 2.65. The van der Waals surface area contributed by atoms with Gasteiger partial charge in [0.1, 0.15) is 5.75 Å². The Morgan fingerprint density at radius 1 is 1.48 bits per heavy atom. The van der Waals surface area contributed by atoms with Crippen LogP contribution in [-0.2, 0) is 16.0 Å². The van der Waals surface area contributed by atoms with Gasteiger partial charge in [0.2, 0.25) is 0 Å². The highest BCUT2D eigenvalue weighted by molar-refractivity contribution is 7.14. The van der Waals surface area contributed by atoms with E-state index in [1.165, 1.54) is 29.8 Å². The number of rotatable bonds is 5. The van der Waals surface area contributed by atoms with Gasteiger partial charge in [-0.1, -0.05) is 0 Å². The fraction of sp³-hybridized carbons (Fsp3) is 0.231. The van der Waals surface area contributed by atoms with Crippen molar-refractivity contribution >= 4 is 28.3 Å². The number of carbonyl (C=O) groups is 2. The van der Waals surface area contributed by atoms with Crippen LogP contribution in [0.15, 0.2) is 23.8 Å². The number of aromatic nitrogens is 2. The average molecular weight is 307 g/mol. The fourth-order valence-corrected chi connectivity index (χ4v) is 2.25. The number of carbonyl (C=O) groups excluding carboxylic acids is 2. The Bertz CT molecular complexity index is 656. The maximum absolute atomic E-state index is 11.9. The molecule has 2 aromatic heterocycles. The van der Waals surface area contributed by atoms with Gasteiger partial charge in [0.25, 0.3) is 5.91 Å². The number of anilines is 1. The lowest BCUT2D eigenvalue weighted by Crippen LogP contribution is -2.12. The van der Waals surface area contributed by atoms with Crippen molar-refractivity contribution in [3.05, 3.63) is 35.1 Å². The molecule has 0 aliphatic carbocycles. The van der Waals surface area contributed by atoms with E-state index in [2.05, 4.69) is 15.3 Å². The van der Waals surface area contributed by atoms with Crippen molar-refractivity contribution in [2.75, 3.05) is 11.9 Å². The van der Waals surface area contributed by atoms with Crippen molar-refractivity contribution in [2.45, 2.75) is 13.3 Å². The molecule has 0 saturated carbocycles. The SMILES string of the molecule is CCOC(=O)Cc1csc(NC(=O)c2ccncc2O)n1. The van der Waals surface area contributed by atoms with Crippen LogP contribution in [-0.4, -0.2) is 33.6 Å². The molecule has 0 aliphatic heterocycles. The summed E-state index contributed by atoms with van der Waals surface area (Å²) in [4.78, 5) is 31.1. The molecular formula is C13H13N3O4S.